The van der Waals surface area contributed by atoms with Crippen LogP contribution in [0.4, 0.5) is 10.1 Å². The second-order valence-electron chi connectivity index (χ2n) is 4.87. The largest absolute Gasteiger partial charge is 0.497 e. The molecular formula is C17H21FN2O. The van der Waals surface area contributed by atoms with Gasteiger partial charge in [-0.1, -0.05) is 24.3 Å². The molecule has 0 amide bonds. The lowest BCUT2D eigenvalue weighted by molar-refractivity contribution is 0.414. The third-order valence-electron chi connectivity index (χ3n) is 3.54. The second-order valence-corrected chi connectivity index (χ2v) is 4.87. The van der Waals surface area contributed by atoms with Crippen LogP contribution in [0.3, 0.4) is 0 Å². The number of nitrogens with two attached hydrogens (primary N) is 1. The minimum absolute atomic E-state index is 0.185. The van der Waals surface area contributed by atoms with Gasteiger partial charge in [0.05, 0.1) is 12.8 Å². The summed E-state index contributed by atoms with van der Waals surface area (Å²) in [7, 11) is 1.63. The van der Waals surface area contributed by atoms with E-state index in [1.54, 1.807) is 19.2 Å². The maximum Gasteiger partial charge on any atom is 0.146 e. The van der Waals surface area contributed by atoms with E-state index in [0.717, 1.165) is 11.3 Å². The van der Waals surface area contributed by atoms with E-state index >= 15 is 0 Å². The lowest BCUT2D eigenvalue weighted by Crippen LogP contribution is -2.32. The fraction of sp³-hybridized carbons (Fsp3) is 0.294. The molecule has 21 heavy (non-hydrogen) atoms. The quantitative estimate of drug-likeness (QED) is 0.886. The average molecular weight is 288 g/mol. The van der Waals surface area contributed by atoms with E-state index in [4.69, 9.17) is 10.5 Å². The Bertz CT molecular complexity index is 571. The molecule has 3 nitrogen and oxygen atoms in total. The molecule has 0 bridgehead atoms. The number of para-hydroxylation sites is 1. The first kappa shape index (κ1) is 15.3. The van der Waals surface area contributed by atoms with Crippen molar-refractivity contribution in [2.24, 2.45) is 5.73 Å². The Hall–Kier alpha value is -2.07. The van der Waals surface area contributed by atoms with Gasteiger partial charge in [-0.2, -0.15) is 0 Å². The number of hydrogen-bond acceptors (Lipinski definition) is 3. The van der Waals surface area contributed by atoms with Gasteiger partial charge in [0.2, 0.25) is 0 Å². The van der Waals surface area contributed by atoms with Gasteiger partial charge in [0.25, 0.3) is 0 Å². The number of methoxy groups -OCH3 is 1. The van der Waals surface area contributed by atoms with Crippen LogP contribution >= 0.6 is 0 Å². The molecule has 2 aromatic rings. The molecule has 1 atom stereocenters. The third-order valence-corrected chi connectivity index (χ3v) is 3.54. The zero-order chi connectivity index (χ0) is 15.2. The summed E-state index contributed by atoms with van der Waals surface area (Å²) in [6, 6.07) is 14.2. The monoisotopic (exact) mass is 288 g/mol. The lowest BCUT2D eigenvalue weighted by atomic mass is 10.1. The third kappa shape index (κ3) is 3.73. The summed E-state index contributed by atoms with van der Waals surface area (Å²) in [6.07, 6.45) is 0. The number of benzene rings is 2. The van der Waals surface area contributed by atoms with E-state index in [-0.39, 0.29) is 11.9 Å². The Kier molecular flexibility index (Phi) is 5.17. The van der Waals surface area contributed by atoms with Gasteiger partial charge >= 0.3 is 0 Å². The Morgan fingerprint density at radius 3 is 2.38 bits per heavy atom. The highest BCUT2D eigenvalue weighted by Gasteiger charge is 2.14. The molecule has 0 aliphatic carbocycles. The van der Waals surface area contributed by atoms with Gasteiger partial charge in [0.15, 0.2) is 0 Å². The highest BCUT2D eigenvalue weighted by atomic mass is 19.1. The Balaban J connectivity index is 2.12. The van der Waals surface area contributed by atoms with Crippen molar-refractivity contribution in [1.82, 2.24) is 0 Å². The van der Waals surface area contributed by atoms with E-state index < -0.39 is 0 Å². The van der Waals surface area contributed by atoms with Crippen molar-refractivity contribution in [1.29, 1.82) is 0 Å². The molecule has 0 radical (unpaired) electrons. The number of anilines is 1. The molecule has 0 heterocycles. The van der Waals surface area contributed by atoms with Crippen LogP contribution in [-0.2, 0) is 0 Å². The first-order valence-corrected chi connectivity index (χ1v) is 7.04. The summed E-state index contributed by atoms with van der Waals surface area (Å²) >= 11 is 0. The van der Waals surface area contributed by atoms with Crippen molar-refractivity contribution in [3.05, 3.63) is 59.9 Å². The first-order valence-electron chi connectivity index (χ1n) is 7.04. The predicted octanol–water partition coefficient (Wildman–Crippen LogP) is 3.36. The average Bonchev–Trinajstić information content (AvgIpc) is 2.53. The number of ether oxygens (including phenoxy) is 1. The van der Waals surface area contributed by atoms with Gasteiger partial charge in [0.1, 0.15) is 11.6 Å². The van der Waals surface area contributed by atoms with Gasteiger partial charge in [-0.25, -0.2) is 4.39 Å². The number of likely N-dealkylation sites (N-methyl/N-ethyl adjacent to an activating group) is 1. The van der Waals surface area contributed by atoms with Crippen LogP contribution in [0.5, 0.6) is 5.75 Å². The van der Waals surface area contributed by atoms with Gasteiger partial charge in [0, 0.05) is 19.1 Å². The van der Waals surface area contributed by atoms with E-state index in [1.807, 2.05) is 42.2 Å². The predicted molar refractivity (Wildman–Crippen MR) is 84.2 cm³/mol. The molecule has 2 rings (SSSR count). The Morgan fingerprint density at radius 2 is 1.81 bits per heavy atom. The SMILES string of the molecule is CCN(CC(N)c1ccc(OC)cc1)c1ccccc1F. The molecule has 0 aromatic heterocycles. The zero-order valence-electron chi connectivity index (χ0n) is 12.4. The van der Waals surface area contributed by atoms with Crippen LogP contribution < -0.4 is 15.4 Å². The molecular weight excluding hydrogens is 267 g/mol. The number of rotatable bonds is 6. The number of hydrogen-bond donors (Lipinski definition) is 1. The summed E-state index contributed by atoms with van der Waals surface area (Å²) in [4.78, 5) is 1.95. The van der Waals surface area contributed by atoms with Crippen LogP contribution in [0.1, 0.15) is 18.5 Å². The van der Waals surface area contributed by atoms with Crippen molar-refractivity contribution in [3.63, 3.8) is 0 Å². The highest BCUT2D eigenvalue weighted by Crippen LogP contribution is 2.22. The van der Waals surface area contributed by atoms with E-state index in [0.29, 0.717) is 18.8 Å². The fourth-order valence-corrected chi connectivity index (χ4v) is 2.30. The maximum atomic E-state index is 13.9. The standard InChI is InChI=1S/C17H21FN2O/c1-3-20(17-7-5-4-6-15(17)18)12-16(19)13-8-10-14(21-2)11-9-13/h4-11,16H,3,12,19H2,1-2H3. The summed E-state index contributed by atoms with van der Waals surface area (Å²) in [5, 5.41) is 0. The minimum Gasteiger partial charge on any atom is -0.497 e. The molecule has 0 aliphatic heterocycles. The molecule has 2 N–H and O–H groups in total. The van der Waals surface area contributed by atoms with E-state index in [2.05, 4.69) is 0 Å². The van der Waals surface area contributed by atoms with Crippen molar-refractivity contribution >= 4 is 5.69 Å². The number of halogens is 1. The van der Waals surface area contributed by atoms with Crippen LogP contribution in [0, 0.1) is 5.82 Å². The number of nitrogens with zero attached hydrogens (tertiary/aromatic N) is 1. The first-order chi connectivity index (χ1) is 10.2. The van der Waals surface area contributed by atoms with Gasteiger partial charge in [-0.15, -0.1) is 0 Å². The molecule has 1 unspecified atom stereocenters. The molecule has 112 valence electrons. The van der Waals surface area contributed by atoms with Crippen LogP contribution in [-0.4, -0.2) is 20.2 Å². The Labute approximate surface area is 125 Å². The molecule has 4 heteroatoms. The smallest absolute Gasteiger partial charge is 0.146 e. The van der Waals surface area contributed by atoms with Crippen molar-refractivity contribution < 1.29 is 9.13 Å². The molecule has 0 spiro atoms. The van der Waals surface area contributed by atoms with E-state index in [9.17, 15) is 4.39 Å². The van der Waals surface area contributed by atoms with Crippen LogP contribution in [0.2, 0.25) is 0 Å². The highest BCUT2D eigenvalue weighted by molar-refractivity contribution is 5.48. The topological polar surface area (TPSA) is 38.5 Å². The summed E-state index contributed by atoms with van der Waals surface area (Å²) in [6.45, 7) is 3.25. The summed E-state index contributed by atoms with van der Waals surface area (Å²) < 4.78 is 19.0. The second kappa shape index (κ2) is 7.09. The molecule has 0 saturated carbocycles. The Morgan fingerprint density at radius 1 is 1.14 bits per heavy atom. The van der Waals surface area contributed by atoms with Crippen molar-refractivity contribution in [2.45, 2.75) is 13.0 Å². The maximum absolute atomic E-state index is 13.9. The lowest BCUT2D eigenvalue weighted by Gasteiger charge is -2.27. The molecule has 0 fully saturated rings. The summed E-state index contributed by atoms with van der Waals surface area (Å²) in [5.41, 5.74) is 7.84. The van der Waals surface area contributed by atoms with E-state index in [1.165, 1.54) is 6.07 Å². The summed E-state index contributed by atoms with van der Waals surface area (Å²) in [5.74, 6) is 0.577. The molecule has 0 saturated heterocycles. The molecule has 2 aromatic carbocycles. The van der Waals surface area contributed by atoms with Crippen LogP contribution in [0.25, 0.3) is 0 Å². The van der Waals surface area contributed by atoms with Crippen molar-refractivity contribution in [3.8, 4) is 5.75 Å². The zero-order valence-corrected chi connectivity index (χ0v) is 12.4. The minimum atomic E-state index is -0.221. The van der Waals surface area contributed by atoms with Gasteiger partial charge < -0.3 is 15.4 Å². The van der Waals surface area contributed by atoms with Crippen LogP contribution in [0.15, 0.2) is 48.5 Å². The normalized spacial score (nSPS) is 12.0. The van der Waals surface area contributed by atoms with Gasteiger partial charge in [-0.05, 0) is 36.8 Å². The fourth-order valence-electron chi connectivity index (χ4n) is 2.30. The van der Waals surface area contributed by atoms with Gasteiger partial charge in [-0.3, -0.25) is 0 Å². The molecule has 0 aliphatic rings. The van der Waals surface area contributed by atoms with Crippen molar-refractivity contribution in [2.75, 3.05) is 25.1 Å².